The summed E-state index contributed by atoms with van der Waals surface area (Å²) < 4.78 is 18.3. The van der Waals surface area contributed by atoms with Crippen LogP contribution in [-0.4, -0.2) is 50.5 Å². The molecule has 0 radical (unpaired) electrons. The van der Waals surface area contributed by atoms with Gasteiger partial charge in [-0.2, -0.15) is 0 Å². The molecule has 0 aromatic heterocycles. The first kappa shape index (κ1) is 22.7. The number of quaternary nitrogens is 1. The third kappa shape index (κ3) is 7.12. The van der Waals surface area contributed by atoms with E-state index in [-0.39, 0.29) is 17.0 Å². The minimum Gasteiger partial charge on any atom is -1.00 e. The molecule has 0 aliphatic carbocycles. The molecule has 1 heterocycles. The smallest absolute Gasteiger partial charge is 0.119 e. The molecule has 5 heteroatoms. The van der Waals surface area contributed by atoms with Crippen molar-refractivity contribution in [2.24, 2.45) is 0 Å². The first-order valence-corrected chi connectivity index (χ1v) is 10.1. The molecule has 1 saturated heterocycles. The number of morpholine rings is 1. The largest absolute Gasteiger partial charge is 1.00 e. The van der Waals surface area contributed by atoms with Crippen LogP contribution in [0, 0.1) is 0 Å². The molecule has 1 aliphatic heterocycles. The van der Waals surface area contributed by atoms with Crippen LogP contribution in [0.15, 0.2) is 54.6 Å². The van der Waals surface area contributed by atoms with Gasteiger partial charge in [0.1, 0.15) is 31.1 Å². The van der Waals surface area contributed by atoms with E-state index in [1.807, 2.05) is 24.3 Å². The number of hydrogen-bond donors (Lipinski definition) is 0. The summed E-state index contributed by atoms with van der Waals surface area (Å²) in [6, 6.07) is 18.8. The van der Waals surface area contributed by atoms with Crippen LogP contribution in [-0.2, 0) is 11.3 Å². The molecule has 4 nitrogen and oxygen atoms in total. The Morgan fingerprint density at radius 3 is 2.07 bits per heavy atom. The first-order valence-electron chi connectivity index (χ1n) is 10.1. The highest BCUT2D eigenvalue weighted by Crippen LogP contribution is 2.20. The quantitative estimate of drug-likeness (QED) is 0.404. The van der Waals surface area contributed by atoms with Gasteiger partial charge >= 0.3 is 0 Å². The maximum Gasteiger partial charge on any atom is 0.119 e. The van der Waals surface area contributed by atoms with E-state index in [4.69, 9.17) is 14.2 Å². The van der Waals surface area contributed by atoms with Crippen molar-refractivity contribution in [1.82, 2.24) is 0 Å². The fourth-order valence-corrected chi connectivity index (χ4v) is 3.60. The summed E-state index contributed by atoms with van der Waals surface area (Å²) in [4.78, 5) is 0. The van der Waals surface area contributed by atoms with Gasteiger partial charge in [-0.1, -0.05) is 37.3 Å². The first-order chi connectivity index (χ1) is 13.3. The van der Waals surface area contributed by atoms with Crippen LogP contribution in [0.3, 0.4) is 0 Å². The lowest BCUT2D eigenvalue weighted by Gasteiger charge is -2.41. The Bertz CT molecular complexity index is 657. The zero-order chi connectivity index (χ0) is 18.8. The monoisotopic (exact) mass is 449 g/mol. The lowest BCUT2D eigenvalue weighted by Crippen LogP contribution is -3.00. The Hall–Kier alpha value is -1.56. The molecule has 2 aromatic carbocycles. The van der Waals surface area contributed by atoms with E-state index in [1.165, 1.54) is 5.56 Å². The van der Waals surface area contributed by atoms with E-state index in [9.17, 15) is 0 Å². The second-order valence-corrected chi connectivity index (χ2v) is 7.29. The van der Waals surface area contributed by atoms with Crippen molar-refractivity contribution >= 4 is 0 Å². The summed E-state index contributed by atoms with van der Waals surface area (Å²) in [5.41, 5.74) is 1.41. The molecule has 0 N–H and O–H groups in total. The fourth-order valence-electron chi connectivity index (χ4n) is 3.60. The second kappa shape index (κ2) is 12.1. The maximum absolute atomic E-state index is 5.95. The lowest BCUT2D eigenvalue weighted by molar-refractivity contribution is -0.947. The van der Waals surface area contributed by atoms with Crippen molar-refractivity contribution in [3.05, 3.63) is 60.2 Å². The van der Waals surface area contributed by atoms with Gasteiger partial charge < -0.3 is 35.7 Å². The second-order valence-electron chi connectivity index (χ2n) is 7.29. The molecule has 0 atom stereocenters. The Morgan fingerprint density at radius 2 is 1.46 bits per heavy atom. The predicted molar refractivity (Wildman–Crippen MR) is 108 cm³/mol. The molecular weight excluding hydrogens is 418 g/mol. The van der Waals surface area contributed by atoms with Gasteiger partial charge in [0, 0.05) is 12.0 Å². The van der Waals surface area contributed by atoms with Gasteiger partial charge in [-0.25, -0.2) is 0 Å². The van der Waals surface area contributed by atoms with Gasteiger partial charge in [0.25, 0.3) is 0 Å². The van der Waals surface area contributed by atoms with E-state index in [0.29, 0.717) is 0 Å². The molecule has 1 aliphatic rings. The summed E-state index contributed by atoms with van der Waals surface area (Å²) in [6.45, 7) is 9.68. The lowest BCUT2D eigenvalue weighted by atomic mass is 10.1. The number of hydrogen-bond acceptors (Lipinski definition) is 3. The summed E-state index contributed by atoms with van der Waals surface area (Å²) in [5.74, 6) is 1.82. The summed E-state index contributed by atoms with van der Waals surface area (Å²) in [7, 11) is 0. The van der Waals surface area contributed by atoms with Crippen LogP contribution < -0.4 is 26.5 Å². The Balaban J connectivity index is 0.00000280. The Kier molecular flexibility index (Phi) is 9.82. The standard InChI is InChI=1S/C23H32NO3.BrH/c1-2-16-26-22-9-11-23(12-10-22)27-17-6-13-24(14-18-25-19-15-24)20-21-7-4-3-5-8-21;/h3-5,7-12H,2,6,13-20H2,1H3;1H/q+1;/p-1. The van der Waals surface area contributed by atoms with Gasteiger partial charge in [-0.05, 0) is 30.7 Å². The topological polar surface area (TPSA) is 27.7 Å². The number of benzene rings is 2. The van der Waals surface area contributed by atoms with Gasteiger partial charge in [0.2, 0.25) is 0 Å². The highest BCUT2D eigenvalue weighted by atomic mass is 79.9. The van der Waals surface area contributed by atoms with Gasteiger partial charge in [0.05, 0.1) is 33.0 Å². The molecule has 0 unspecified atom stereocenters. The van der Waals surface area contributed by atoms with E-state index in [1.54, 1.807) is 0 Å². The summed E-state index contributed by atoms with van der Waals surface area (Å²) in [6.07, 6.45) is 2.06. The molecule has 0 bridgehead atoms. The molecule has 0 saturated carbocycles. The van der Waals surface area contributed by atoms with Crippen LogP contribution in [0.5, 0.6) is 11.5 Å². The fraction of sp³-hybridized carbons (Fsp3) is 0.478. The number of rotatable bonds is 10. The molecule has 28 heavy (non-hydrogen) atoms. The third-order valence-electron chi connectivity index (χ3n) is 5.12. The number of ether oxygens (including phenoxy) is 3. The predicted octanol–water partition coefficient (Wildman–Crippen LogP) is 1.30. The SMILES string of the molecule is CCCOc1ccc(OCCC[N+]2(Cc3ccccc3)CCOCC2)cc1.[Br-]. The maximum atomic E-state index is 5.95. The summed E-state index contributed by atoms with van der Waals surface area (Å²) >= 11 is 0. The summed E-state index contributed by atoms with van der Waals surface area (Å²) in [5, 5.41) is 0. The Morgan fingerprint density at radius 1 is 0.857 bits per heavy atom. The molecule has 154 valence electrons. The molecule has 2 aromatic rings. The minimum atomic E-state index is 0. The van der Waals surface area contributed by atoms with Crippen LogP contribution in [0.4, 0.5) is 0 Å². The average molecular weight is 450 g/mol. The Labute approximate surface area is 179 Å². The van der Waals surface area contributed by atoms with E-state index in [0.717, 1.165) is 81.4 Å². The van der Waals surface area contributed by atoms with Crippen molar-refractivity contribution < 1.29 is 35.7 Å². The van der Waals surface area contributed by atoms with Crippen molar-refractivity contribution in [3.8, 4) is 11.5 Å². The minimum absolute atomic E-state index is 0. The molecule has 1 fully saturated rings. The highest BCUT2D eigenvalue weighted by Gasteiger charge is 2.30. The van der Waals surface area contributed by atoms with E-state index in [2.05, 4.69) is 37.3 Å². The van der Waals surface area contributed by atoms with Gasteiger partial charge in [0.15, 0.2) is 0 Å². The molecule has 0 amide bonds. The van der Waals surface area contributed by atoms with Crippen molar-refractivity contribution in [3.63, 3.8) is 0 Å². The van der Waals surface area contributed by atoms with Crippen LogP contribution in [0.25, 0.3) is 0 Å². The van der Waals surface area contributed by atoms with E-state index >= 15 is 0 Å². The van der Waals surface area contributed by atoms with Crippen molar-refractivity contribution in [1.29, 1.82) is 0 Å². The van der Waals surface area contributed by atoms with Crippen molar-refractivity contribution in [2.75, 3.05) is 46.1 Å². The van der Waals surface area contributed by atoms with Crippen LogP contribution >= 0.6 is 0 Å². The van der Waals surface area contributed by atoms with Crippen LogP contribution in [0.2, 0.25) is 0 Å². The molecule has 0 spiro atoms. The van der Waals surface area contributed by atoms with Crippen molar-refractivity contribution in [2.45, 2.75) is 26.3 Å². The zero-order valence-corrected chi connectivity index (χ0v) is 18.4. The highest BCUT2D eigenvalue weighted by molar-refractivity contribution is 5.31. The number of halogens is 1. The molecular formula is C23H32BrNO3. The van der Waals surface area contributed by atoms with E-state index < -0.39 is 0 Å². The van der Waals surface area contributed by atoms with Gasteiger partial charge in [-0.15, -0.1) is 0 Å². The molecule has 3 rings (SSSR count). The van der Waals surface area contributed by atoms with Gasteiger partial charge in [-0.3, -0.25) is 0 Å². The normalized spacial score (nSPS) is 15.5. The number of nitrogens with zero attached hydrogens (tertiary/aromatic N) is 1. The third-order valence-corrected chi connectivity index (χ3v) is 5.12. The average Bonchev–Trinajstić information content (AvgIpc) is 2.72. The van der Waals surface area contributed by atoms with Crippen LogP contribution in [0.1, 0.15) is 25.3 Å². The zero-order valence-electron chi connectivity index (χ0n) is 16.8.